The molecule has 5 nitrogen and oxygen atoms in total. The van der Waals surface area contributed by atoms with Crippen LogP contribution in [0.1, 0.15) is 25.1 Å². The van der Waals surface area contributed by atoms with Crippen molar-refractivity contribution in [3.63, 3.8) is 0 Å². The van der Waals surface area contributed by atoms with Crippen molar-refractivity contribution in [2.45, 2.75) is 27.3 Å². The molecule has 0 spiro atoms. The molecule has 2 N–H and O–H groups in total. The van der Waals surface area contributed by atoms with E-state index in [2.05, 4.69) is 0 Å². The van der Waals surface area contributed by atoms with E-state index in [1.807, 2.05) is 13.8 Å². The van der Waals surface area contributed by atoms with E-state index in [1.165, 1.54) is 4.57 Å². The maximum atomic E-state index is 12.2. The van der Waals surface area contributed by atoms with E-state index in [0.29, 0.717) is 18.8 Å². The van der Waals surface area contributed by atoms with E-state index >= 15 is 0 Å². The summed E-state index contributed by atoms with van der Waals surface area (Å²) >= 11 is 4.83. The van der Waals surface area contributed by atoms with Crippen LogP contribution in [-0.2, 0) is 11.3 Å². The molecule has 0 fully saturated rings. The fourth-order valence-corrected chi connectivity index (χ4v) is 2.02. The molecule has 0 aliphatic carbocycles. The van der Waals surface area contributed by atoms with Gasteiger partial charge < -0.3 is 15.2 Å². The zero-order valence-electron chi connectivity index (χ0n) is 11.5. The molecule has 104 valence electrons. The third-order valence-corrected chi connectivity index (χ3v) is 3.29. The minimum absolute atomic E-state index is 0.0167. The molecule has 1 aromatic heterocycles. The van der Waals surface area contributed by atoms with Crippen LogP contribution in [0.5, 0.6) is 0 Å². The number of carbonyl (C=O) groups excluding carboxylic acids is 1. The van der Waals surface area contributed by atoms with E-state index in [-0.39, 0.29) is 28.6 Å². The molecule has 0 radical (unpaired) electrons. The van der Waals surface area contributed by atoms with Crippen molar-refractivity contribution in [1.82, 2.24) is 9.47 Å². The Balaban J connectivity index is 3.14. The second kappa shape index (κ2) is 6.47. The summed E-state index contributed by atoms with van der Waals surface area (Å²) < 4.78 is 1.41. The summed E-state index contributed by atoms with van der Waals surface area (Å²) in [5.41, 5.74) is 6.17. The monoisotopic (exact) mass is 281 g/mol. The standard InChI is InChI=1S/C13H19N3O2S/c1-4-15(5-2)11(17)8-16-9(3)6-7-10(12(14)19)13(16)18/h6-7H,4-5,8H2,1-3H3,(H2,14,19). The third kappa shape index (κ3) is 3.41. The van der Waals surface area contributed by atoms with Gasteiger partial charge in [0.05, 0.1) is 5.56 Å². The van der Waals surface area contributed by atoms with Crippen molar-refractivity contribution in [2.24, 2.45) is 5.73 Å². The maximum Gasteiger partial charge on any atom is 0.261 e. The Labute approximate surface area is 118 Å². The number of nitrogens with two attached hydrogens (primary N) is 1. The van der Waals surface area contributed by atoms with Crippen molar-refractivity contribution in [3.05, 3.63) is 33.7 Å². The van der Waals surface area contributed by atoms with Crippen LogP contribution in [0.3, 0.4) is 0 Å². The predicted molar refractivity (Wildman–Crippen MR) is 79.3 cm³/mol. The van der Waals surface area contributed by atoms with Crippen LogP contribution < -0.4 is 11.3 Å². The molecule has 1 heterocycles. The van der Waals surface area contributed by atoms with Gasteiger partial charge in [0.25, 0.3) is 5.56 Å². The molecule has 0 atom stereocenters. The number of aromatic nitrogens is 1. The number of hydrogen-bond donors (Lipinski definition) is 1. The molecular formula is C13H19N3O2S. The molecule has 6 heteroatoms. The molecule has 0 unspecified atom stereocenters. The molecule has 0 aliphatic heterocycles. The first-order valence-corrected chi connectivity index (χ1v) is 6.61. The van der Waals surface area contributed by atoms with Crippen LogP contribution in [0.15, 0.2) is 16.9 Å². The second-order valence-electron chi connectivity index (χ2n) is 4.21. The van der Waals surface area contributed by atoms with Crippen LogP contribution >= 0.6 is 12.2 Å². The topological polar surface area (TPSA) is 68.3 Å². The normalized spacial score (nSPS) is 10.3. The molecular weight excluding hydrogens is 262 g/mol. The van der Waals surface area contributed by atoms with Crippen LogP contribution in [0, 0.1) is 6.92 Å². The van der Waals surface area contributed by atoms with Gasteiger partial charge in [0.15, 0.2) is 0 Å². The van der Waals surface area contributed by atoms with Gasteiger partial charge in [-0.15, -0.1) is 0 Å². The van der Waals surface area contributed by atoms with Gasteiger partial charge in [-0.1, -0.05) is 12.2 Å². The first kappa shape index (κ1) is 15.4. The summed E-state index contributed by atoms with van der Waals surface area (Å²) in [4.78, 5) is 26.0. The Morgan fingerprint density at radius 3 is 2.42 bits per heavy atom. The minimum atomic E-state index is -0.312. The van der Waals surface area contributed by atoms with Crippen molar-refractivity contribution >= 4 is 23.1 Å². The summed E-state index contributed by atoms with van der Waals surface area (Å²) in [5.74, 6) is -0.0877. The average Bonchev–Trinajstić information content (AvgIpc) is 2.35. The molecule has 19 heavy (non-hydrogen) atoms. The Kier molecular flexibility index (Phi) is 5.23. The number of carbonyl (C=O) groups is 1. The first-order valence-electron chi connectivity index (χ1n) is 6.20. The Morgan fingerprint density at radius 1 is 1.37 bits per heavy atom. The number of likely N-dealkylation sites (N-methyl/N-ethyl adjacent to an activating group) is 1. The molecule has 1 rings (SSSR count). The molecule has 0 bridgehead atoms. The quantitative estimate of drug-likeness (QED) is 0.805. The highest BCUT2D eigenvalue weighted by molar-refractivity contribution is 7.80. The first-order chi connectivity index (χ1) is 8.92. The van der Waals surface area contributed by atoms with Crippen LogP contribution in [0.25, 0.3) is 0 Å². The molecule has 1 aromatic rings. The highest BCUT2D eigenvalue weighted by Gasteiger charge is 2.14. The average molecular weight is 281 g/mol. The summed E-state index contributed by atoms with van der Waals surface area (Å²) in [6.45, 7) is 6.85. The Bertz CT molecular complexity index is 547. The SMILES string of the molecule is CCN(CC)C(=O)Cn1c(C)ccc(C(N)=S)c1=O. The van der Waals surface area contributed by atoms with Gasteiger partial charge in [-0.05, 0) is 32.9 Å². The number of aryl methyl sites for hydroxylation is 1. The number of nitrogens with zero attached hydrogens (tertiary/aromatic N) is 2. The predicted octanol–water partition coefficient (Wildman–Crippen LogP) is 0.659. The van der Waals surface area contributed by atoms with Crippen LogP contribution in [0.4, 0.5) is 0 Å². The fourth-order valence-electron chi connectivity index (χ4n) is 1.87. The van der Waals surface area contributed by atoms with Gasteiger partial charge >= 0.3 is 0 Å². The van der Waals surface area contributed by atoms with Crippen molar-refractivity contribution < 1.29 is 4.79 Å². The lowest BCUT2D eigenvalue weighted by Gasteiger charge is -2.20. The fraction of sp³-hybridized carbons (Fsp3) is 0.462. The lowest BCUT2D eigenvalue weighted by atomic mass is 10.2. The number of hydrogen-bond acceptors (Lipinski definition) is 3. The zero-order valence-corrected chi connectivity index (χ0v) is 12.3. The number of pyridine rings is 1. The van der Waals surface area contributed by atoms with Crippen molar-refractivity contribution in [1.29, 1.82) is 0 Å². The smallest absolute Gasteiger partial charge is 0.261 e. The molecule has 1 amide bonds. The highest BCUT2D eigenvalue weighted by Crippen LogP contribution is 2.01. The van der Waals surface area contributed by atoms with Crippen LogP contribution in [0.2, 0.25) is 0 Å². The molecule has 0 saturated carbocycles. The van der Waals surface area contributed by atoms with E-state index in [0.717, 1.165) is 0 Å². The Morgan fingerprint density at radius 2 is 1.95 bits per heavy atom. The maximum absolute atomic E-state index is 12.2. The summed E-state index contributed by atoms with van der Waals surface area (Å²) in [6.07, 6.45) is 0. The second-order valence-corrected chi connectivity index (χ2v) is 4.65. The largest absolute Gasteiger partial charge is 0.389 e. The third-order valence-electron chi connectivity index (χ3n) is 3.07. The van der Waals surface area contributed by atoms with Crippen molar-refractivity contribution in [3.8, 4) is 0 Å². The van der Waals surface area contributed by atoms with Gasteiger partial charge in [0, 0.05) is 18.8 Å². The Hall–Kier alpha value is -1.69. The van der Waals surface area contributed by atoms with Gasteiger partial charge in [0.2, 0.25) is 5.91 Å². The lowest BCUT2D eigenvalue weighted by molar-refractivity contribution is -0.131. The zero-order chi connectivity index (χ0) is 14.6. The molecule has 0 saturated heterocycles. The highest BCUT2D eigenvalue weighted by atomic mass is 32.1. The number of rotatable bonds is 5. The van der Waals surface area contributed by atoms with Gasteiger partial charge in [-0.25, -0.2) is 0 Å². The number of amides is 1. The summed E-state index contributed by atoms with van der Waals surface area (Å²) in [5, 5.41) is 0. The van der Waals surface area contributed by atoms with E-state index in [9.17, 15) is 9.59 Å². The minimum Gasteiger partial charge on any atom is -0.389 e. The van der Waals surface area contributed by atoms with E-state index < -0.39 is 0 Å². The van der Waals surface area contributed by atoms with Gasteiger partial charge in [-0.2, -0.15) is 0 Å². The summed E-state index contributed by atoms with van der Waals surface area (Å²) in [7, 11) is 0. The van der Waals surface area contributed by atoms with Crippen molar-refractivity contribution in [2.75, 3.05) is 13.1 Å². The lowest BCUT2D eigenvalue weighted by Crippen LogP contribution is -2.38. The van der Waals surface area contributed by atoms with E-state index in [4.69, 9.17) is 18.0 Å². The van der Waals surface area contributed by atoms with Gasteiger partial charge in [-0.3, -0.25) is 9.59 Å². The molecule has 0 aromatic carbocycles. The number of thiocarbonyl (C=S) groups is 1. The summed E-state index contributed by atoms with van der Waals surface area (Å²) in [6, 6.07) is 3.34. The molecule has 0 aliphatic rings. The van der Waals surface area contributed by atoms with E-state index in [1.54, 1.807) is 24.0 Å². The van der Waals surface area contributed by atoms with Crippen LogP contribution in [-0.4, -0.2) is 33.5 Å². The van der Waals surface area contributed by atoms with Gasteiger partial charge in [0.1, 0.15) is 11.5 Å².